The summed E-state index contributed by atoms with van der Waals surface area (Å²) in [7, 11) is 0. The zero-order valence-corrected chi connectivity index (χ0v) is 13.0. The van der Waals surface area contributed by atoms with Gasteiger partial charge >= 0.3 is 6.03 Å². The highest BCUT2D eigenvalue weighted by Gasteiger charge is 2.38. The van der Waals surface area contributed by atoms with Crippen LogP contribution in [0.2, 0.25) is 0 Å². The number of nitrogens with one attached hydrogen (secondary N) is 1. The molecule has 4 heteroatoms. The molecule has 2 amide bonds. The lowest BCUT2D eigenvalue weighted by Gasteiger charge is -2.44. The molecule has 0 aromatic carbocycles. The fourth-order valence-electron chi connectivity index (χ4n) is 3.77. The molecule has 1 aliphatic carbocycles. The van der Waals surface area contributed by atoms with Crippen LogP contribution in [-0.4, -0.2) is 42.3 Å². The standard InChI is InChI=1S/C16H30N2O2/c1-13(2)9-16(6-4-7-16)12-17-15(20)18-8-3-5-14(10-18)11-19/h13-14,19H,3-12H2,1-2H3,(H,17,20). The van der Waals surface area contributed by atoms with Crippen LogP contribution < -0.4 is 5.32 Å². The number of likely N-dealkylation sites (tertiary alicyclic amines) is 1. The Hall–Kier alpha value is -0.770. The van der Waals surface area contributed by atoms with Crippen molar-refractivity contribution in [3.63, 3.8) is 0 Å². The van der Waals surface area contributed by atoms with Gasteiger partial charge < -0.3 is 15.3 Å². The van der Waals surface area contributed by atoms with E-state index in [0.29, 0.717) is 17.9 Å². The third-order valence-corrected chi connectivity index (χ3v) is 4.93. The highest BCUT2D eigenvalue weighted by atomic mass is 16.3. The van der Waals surface area contributed by atoms with E-state index in [2.05, 4.69) is 19.2 Å². The highest BCUT2D eigenvalue weighted by molar-refractivity contribution is 5.74. The molecular formula is C16H30N2O2. The number of carbonyl (C=O) groups is 1. The number of nitrogens with zero attached hydrogens (tertiary/aromatic N) is 1. The smallest absolute Gasteiger partial charge is 0.317 e. The lowest BCUT2D eigenvalue weighted by molar-refractivity contribution is 0.0914. The van der Waals surface area contributed by atoms with Crippen LogP contribution in [0.3, 0.4) is 0 Å². The predicted octanol–water partition coefficient (Wildman–Crippen LogP) is 2.62. The minimum Gasteiger partial charge on any atom is -0.396 e. The number of carbonyl (C=O) groups excluding carboxylic acids is 1. The maximum atomic E-state index is 12.3. The molecule has 2 rings (SSSR count). The van der Waals surface area contributed by atoms with Gasteiger partial charge in [0.25, 0.3) is 0 Å². The molecule has 0 spiro atoms. The van der Waals surface area contributed by atoms with E-state index < -0.39 is 0 Å². The van der Waals surface area contributed by atoms with Crippen molar-refractivity contribution in [1.82, 2.24) is 10.2 Å². The number of urea groups is 1. The first kappa shape index (κ1) is 15.6. The molecule has 1 aliphatic heterocycles. The lowest BCUT2D eigenvalue weighted by Crippen LogP contribution is -2.50. The van der Waals surface area contributed by atoms with Gasteiger partial charge in [-0.1, -0.05) is 20.3 Å². The third kappa shape index (κ3) is 3.87. The van der Waals surface area contributed by atoms with Crippen LogP contribution in [0.5, 0.6) is 0 Å². The van der Waals surface area contributed by atoms with Gasteiger partial charge in [0.05, 0.1) is 0 Å². The first-order valence-corrected chi connectivity index (χ1v) is 8.18. The Kier molecular flexibility index (Phi) is 5.30. The number of hydrogen-bond donors (Lipinski definition) is 2. The van der Waals surface area contributed by atoms with E-state index in [1.807, 2.05) is 4.90 Å². The molecule has 2 aliphatic rings. The largest absolute Gasteiger partial charge is 0.396 e. The zero-order valence-electron chi connectivity index (χ0n) is 13.0. The third-order valence-electron chi connectivity index (χ3n) is 4.93. The van der Waals surface area contributed by atoms with Crippen LogP contribution in [-0.2, 0) is 0 Å². The summed E-state index contributed by atoms with van der Waals surface area (Å²) in [5.41, 5.74) is 0.357. The molecule has 0 radical (unpaired) electrons. The summed E-state index contributed by atoms with van der Waals surface area (Å²) in [4.78, 5) is 14.1. The maximum Gasteiger partial charge on any atom is 0.317 e. The molecule has 20 heavy (non-hydrogen) atoms. The number of aliphatic hydroxyl groups is 1. The molecular weight excluding hydrogens is 252 g/mol. The molecule has 116 valence electrons. The molecule has 0 aromatic rings. The van der Waals surface area contributed by atoms with Gasteiger partial charge in [-0.3, -0.25) is 0 Å². The molecule has 1 saturated heterocycles. The van der Waals surface area contributed by atoms with Gasteiger partial charge in [-0.25, -0.2) is 4.79 Å². The van der Waals surface area contributed by atoms with Crippen LogP contribution >= 0.6 is 0 Å². The van der Waals surface area contributed by atoms with E-state index in [0.717, 1.165) is 25.9 Å². The summed E-state index contributed by atoms with van der Waals surface area (Å²) < 4.78 is 0. The normalized spacial score (nSPS) is 25.4. The number of rotatable bonds is 5. The summed E-state index contributed by atoms with van der Waals surface area (Å²) >= 11 is 0. The quantitative estimate of drug-likeness (QED) is 0.814. The Bertz CT molecular complexity index is 326. The van der Waals surface area contributed by atoms with Crippen molar-refractivity contribution in [2.45, 2.75) is 52.4 Å². The zero-order chi connectivity index (χ0) is 14.6. The minimum absolute atomic E-state index is 0.0678. The summed E-state index contributed by atoms with van der Waals surface area (Å²) in [6.07, 6.45) is 7.08. The van der Waals surface area contributed by atoms with Crippen molar-refractivity contribution in [2.75, 3.05) is 26.2 Å². The summed E-state index contributed by atoms with van der Waals surface area (Å²) in [6.45, 7) is 7.08. The average molecular weight is 282 g/mol. The van der Waals surface area contributed by atoms with Gasteiger partial charge in [0.1, 0.15) is 0 Å². The van der Waals surface area contributed by atoms with E-state index in [1.165, 1.54) is 25.7 Å². The topological polar surface area (TPSA) is 52.6 Å². The van der Waals surface area contributed by atoms with Gasteiger partial charge in [0.2, 0.25) is 0 Å². The van der Waals surface area contributed by atoms with Gasteiger partial charge in [-0.15, -0.1) is 0 Å². The average Bonchev–Trinajstić information content (AvgIpc) is 2.41. The molecule has 1 atom stereocenters. The van der Waals surface area contributed by atoms with Gasteiger partial charge in [-0.05, 0) is 49.4 Å². The maximum absolute atomic E-state index is 12.3. The summed E-state index contributed by atoms with van der Waals surface area (Å²) in [5, 5.41) is 12.4. The van der Waals surface area contributed by atoms with Crippen LogP contribution in [0, 0.1) is 17.3 Å². The monoisotopic (exact) mass is 282 g/mol. The minimum atomic E-state index is 0.0678. The second-order valence-corrected chi connectivity index (χ2v) is 7.25. The van der Waals surface area contributed by atoms with Gasteiger partial charge in [-0.2, -0.15) is 0 Å². The van der Waals surface area contributed by atoms with Crippen LogP contribution in [0.1, 0.15) is 52.4 Å². The van der Waals surface area contributed by atoms with Crippen LogP contribution in [0.15, 0.2) is 0 Å². The molecule has 0 aromatic heterocycles. The Morgan fingerprint density at radius 2 is 2.15 bits per heavy atom. The molecule has 1 heterocycles. The van der Waals surface area contributed by atoms with Crippen LogP contribution in [0.25, 0.3) is 0 Å². The Morgan fingerprint density at radius 1 is 1.40 bits per heavy atom. The van der Waals surface area contributed by atoms with Crippen molar-refractivity contribution in [2.24, 2.45) is 17.3 Å². The van der Waals surface area contributed by atoms with Crippen LogP contribution in [0.4, 0.5) is 4.79 Å². The van der Waals surface area contributed by atoms with Gasteiger partial charge in [0.15, 0.2) is 0 Å². The highest BCUT2D eigenvalue weighted by Crippen LogP contribution is 2.45. The Balaban J connectivity index is 1.79. The van der Waals surface area contributed by atoms with E-state index in [1.54, 1.807) is 0 Å². The second kappa shape index (κ2) is 6.79. The SMILES string of the molecule is CC(C)CC1(CNC(=O)N2CCCC(CO)C2)CCC1. The molecule has 0 bridgehead atoms. The fourth-order valence-corrected chi connectivity index (χ4v) is 3.77. The van der Waals surface area contributed by atoms with E-state index >= 15 is 0 Å². The number of aliphatic hydroxyl groups excluding tert-OH is 1. The summed E-state index contributed by atoms with van der Waals surface area (Å²) in [6, 6.07) is 0.0678. The van der Waals surface area contributed by atoms with E-state index in [9.17, 15) is 9.90 Å². The Morgan fingerprint density at radius 3 is 2.70 bits per heavy atom. The molecule has 4 nitrogen and oxygen atoms in total. The van der Waals surface area contributed by atoms with Crippen molar-refractivity contribution in [3.8, 4) is 0 Å². The van der Waals surface area contributed by atoms with E-state index in [4.69, 9.17) is 0 Å². The molecule has 2 fully saturated rings. The van der Waals surface area contributed by atoms with Crippen molar-refractivity contribution in [3.05, 3.63) is 0 Å². The first-order chi connectivity index (χ1) is 9.54. The second-order valence-electron chi connectivity index (χ2n) is 7.25. The number of amides is 2. The van der Waals surface area contributed by atoms with Crippen molar-refractivity contribution in [1.29, 1.82) is 0 Å². The number of piperidine rings is 1. The molecule has 1 saturated carbocycles. The number of hydrogen-bond acceptors (Lipinski definition) is 2. The van der Waals surface area contributed by atoms with Gasteiger partial charge in [0, 0.05) is 26.2 Å². The van der Waals surface area contributed by atoms with E-state index in [-0.39, 0.29) is 18.6 Å². The molecule has 2 N–H and O–H groups in total. The lowest BCUT2D eigenvalue weighted by atomic mass is 9.64. The molecule has 1 unspecified atom stereocenters. The Labute approximate surface area is 122 Å². The first-order valence-electron chi connectivity index (χ1n) is 8.18. The predicted molar refractivity (Wildman–Crippen MR) is 80.5 cm³/mol. The van der Waals surface area contributed by atoms with Crippen molar-refractivity contribution < 1.29 is 9.90 Å². The summed E-state index contributed by atoms with van der Waals surface area (Å²) in [5.74, 6) is 0.962. The van der Waals surface area contributed by atoms with Crippen molar-refractivity contribution >= 4 is 6.03 Å². The fraction of sp³-hybridized carbons (Fsp3) is 0.938.